The first-order chi connectivity index (χ1) is 8.61. The molecule has 0 fully saturated rings. The number of nitrogen functional groups attached to an aromatic ring is 1. The van der Waals surface area contributed by atoms with Crippen molar-refractivity contribution in [2.45, 2.75) is 4.90 Å². The van der Waals surface area contributed by atoms with E-state index in [2.05, 4.69) is 10.0 Å². The van der Waals surface area contributed by atoms with Crippen molar-refractivity contribution in [3.63, 3.8) is 0 Å². The first-order valence-corrected chi connectivity index (χ1v) is 9.16. The molecule has 0 atom stereocenters. The summed E-state index contributed by atoms with van der Waals surface area (Å²) in [5.74, 6) is 0. The van der Waals surface area contributed by atoms with Gasteiger partial charge >= 0.3 is 0 Å². The number of benzene rings is 1. The molecule has 0 aliphatic heterocycles. The Hall–Kier alpha value is -1.32. The average molecular weight is 307 g/mol. The molecule has 108 valence electrons. The van der Waals surface area contributed by atoms with Gasteiger partial charge < -0.3 is 11.1 Å². The molecule has 0 aliphatic carbocycles. The lowest BCUT2D eigenvalue weighted by molar-refractivity contribution is 0.589. The van der Waals surface area contributed by atoms with Crippen molar-refractivity contribution < 1.29 is 16.8 Å². The highest BCUT2D eigenvalue weighted by molar-refractivity contribution is 7.90. The third-order valence-electron chi connectivity index (χ3n) is 2.27. The van der Waals surface area contributed by atoms with Crippen molar-refractivity contribution in [2.24, 2.45) is 0 Å². The van der Waals surface area contributed by atoms with E-state index in [1.54, 1.807) is 12.1 Å². The fraction of sp³-hybridized carbons (Fsp3) is 0.400. The Morgan fingerprint density at radius 3 is 2.26 bits per heavy atom. The van der Waals surface area contributed by atoms with E-state index in [1.807, 2.05) is 0 Å². The van der Waals surface area contributed by atoms with Gasteiger partial charge in [-0.1, -0.05) is 6.07 Å². The number of rotatable bonds is 6. The van der Waals surface area contributed by atoms with Crippen LogP contribution in [-0.2, 0) is 19.9 Å². The van der Waals surface area contributed by atoms with Gasteiger partial charge in [0, 0.05) is 19.3 Å². The first-order valence-electron chi connectivity index (χ1n) is 5.38. The van der Waals surface area contributed by atoms with Crippen LogP contribution in [0.4, 0.5) is 11.4 Å². The first kappa shape index (κ1) is 15.7. The van der Waals surface area contributed by atoms with E-state index in [4.69, 9.17) is 5.73 Å². The van der Waals surface area contributed by atoms with Crippen LogP contribution in [0, 0.1) is 0 Å². The molecule has 0 bridgehead atoms. The van der Waals surface area contributed by atoms with E-state index >= 15 is 0 Å². The second kappa shape index (κ2) is 5.76. The fourth-order valence-electron chi connectivity index (χ4n) is 1.46. The Balaban J connectivity index is 2.76. The summed E-state index contributed by atoms with van der Waals surface area (Å²) in [6.07, 6.45) is 2.14. The maximum atomic E-state index is 11.5. The molecular formula is C10H17N3O4S2. The molecule has 9 heteroatoms. The molecule has 0 aromatic heterocycles. The molecule has 0 unspecified atom stereocenters. The number of hydrogen-bond acceptors (Lipinski definition) is 6. The molecule has 4 N–H and O–H groups in total. The van der Waals surface area contributed by atoms with Gasteiger partial charge in [0.15, 0.2) is 9.84 Å². The van der Waals surface area contributed by atoms with Crippen LogP contribution in [0.3, 0.4) is 0 Å². The second-order valence-electron chi connectivity index (χ2n) is 4.08. The molecule has 7 nitrogen and oxygen atoms in total. The molecule has 0 heterocycles. The topological polar surface area (TPSA) is 118 Å². The van der Waals surface area contributed by atoms with Crippen molar-refractivity contribution in [3.8, 4) is 0 Å². The van der Waals surface area contributed by atoms with E-state index in [1.165, 1.54) is 6.07 Å². The molecule has 1 aromatic carbocycles. The molecule has 0 saturated heterocycles. The number of nitrogens with one attached hydrogen (secondary N) is 2. The number of hydrogen-bond donors (Lipinski definition) is 3. The number of sulfonamides is 1. The number of nitrogens with two attached hydrogens (primary N) is 1. The lowest BCUT2D eigenvalue weighted by Gasteiger charge is -2.12. The van der Waals surface area contributed by atoms with Crippen molar-refractivity contribution in [3.05, 3.63) is 18.2 Å². The highest BCUT2D eigenvalue weighted by Gasteiger charge is 2.13. The Kier molecular flexibility index (Phi) is 4.77. The predicted octanol–water partition coefficient (Wildman–Crippen LogP) is -0.367. The zero-order valence-corrected chi connectivity index (χ0v) is 12.3. The van der Waals surface area contributed by atoms with Crippen molar-refractivity contribution in [1.82, 2.24) is 4.72 Å². The maximum absolute atomic E-state index is 11.5. The van der Waals surface area contributed by atoms with E-state index in [0.29, 0.717) is 12.2 Å². The van der Waals surface area contributed by atoms with Crippen molar-refractivity contribution in [1.29, 1.82) is 0 Å². The largest absolute Gasteiger partial charge is 0.396 e. The van der Waals surface area contributed by atoms with E-state index in [-0.39, 0.29) is 17.1 Å². The highest BCUT2D eigenvalue weighted by atomic mass is 32.2. The number of para-hydroxylation sites is 1. The minimum Gasteiger partial charge on any atom is -0.396 e. The zero-order valence-electron chi connectivity index (χ0n) is 10.7. The van der Waals surface area contributed by atoms with Crippen LogP contribution in [0.5, 0.6) is 0 Å². The molecule has 0 spiro atoms. The van der Waals surface area contributed by atoms with Crippen LogP contribution in [0.15, 0.2) is 23.1 Å². The van der Waals surface area contributed by atoms with E-state index < -0.39 is 19.9 Å². The summed E-state index contributed by atoms with van der Waals surface area (Å²) in [5, 5.41) is 2.88. The van der Waals surface area contributed by atoms with Gasteiger partial charge in [-0.15, -0.1) is 0 Å². The summed E-state index contributed by atoms with van der Waals surface area (Å²) in [6, 6.07) is 4.62. The predicted molar refractivity (Wildman–Crippen MR) is 75.3 cm³/mol. The summed E-state index contributed by atoms with van der Waals surface area (Å²) in [4.78, 5) is 0.0496. The normalized spacial score (nSPS) is 12.3. The molecule has 19 heavy (non-hydrogen) atoms. The quantitative estimate of drug-likeness (QED) is 0.487. The summed E-state index contributed by atoms with van der Waals surface area (Å²) < 4.78 is 46.9. The minimum atomic E-state index is -3.39. The summed E-state index contributed by atoms with van der Waals surface area (Å²) in [7, 11) is -6.62. The van der Waals surface area contributed by atoms with Crippen molar-refractivity contribution in [2.75, 3.05) is 36.7 Å². The lowest BCUT2D eigenvalue weighted by Crippen LogP contribution is -2.27. The van der Waals surface area contributed by atoms with Crippen LogP contribution >= 0.6 is 0 Å². The molecule has 0 saturated carbocycles. The summed E-state index contributed by atoms with van der Waals surface area (Å²) >= 11 is 0. The third-order valence-corrected chi connectivity index (χ3v) is 4.15. The van der Waals surface area contributed by atoms with Crippen molar-refractivity contribution >= 4 is 31.2 Å². The Morgan fingerprint density at radius 2 is 1.74 bits per heavy atom. The molecule has 0 aliphatic rings. The highest BCUT2D eigenvalue weighted by Crippen LogP contribution is 2.26. The van der Waals surface area contributed by atoms with Gasteiger partial charge in [-0.25, -0.2) is 21.6 Å². The SMILES string of the molecule is CS(=O)(=O)NCCNc1cccc(S(C)(=O)=O)c1N. The Labute approximate surface area is 113 Å². The van der Waals surface area contributed by atoms with Crippen LogP contribution in [0.2, 0.25) is 0 Å². The van der Waals surface area contributed by atoms with Crippen LogP contribution in [-0.4, -0.2) is 42.4 Å². The maximum Gasteiger partial charge on any atom is 0.208 e. The average Bonchev–Trinajstić information content (AvgIpc) is 2.23. The van der Waals surface area contributed by atoms with Gasteiger partial charge in [-0.2, -0.15) is 0 Å². The van der Waals surface area contributed by atoms with Crippen LogP contribution in [0.1, 0.15) is 0 Å². The second-order valence-corrected chi connectivity index (χ2v) is 7.90. The Bertz CT molecular complexity index is 653. The van der Waals surface area contributed by atoms with Gasteiger partial charge in [0.05, 0.1) is 22.5 Å². The van der Waals surface area contributed by atoms with Gasteiger partial charge in [0.2, 0.25) is 10.0 Å². The van der Waals surface area contributed by atoms with Gasteiger partial charge in [-0.3, -0.25) is 0 Å². The fourth-order valence-corrected chi connectivity index (χ4v) is 2.76. The van der Waals surface area contributed by atoms with Gasteiger partial charge in [-0.05, 0) is 12.1 Å². The number of anilines is 2. The van der Waals surface area contributed by atoms with E-state index in [9.17, 15) is 16.8 Å². The number of sulfone groups is 1. The molecule has 1 aromatic rings. The molecule has 1 rings (SSSR count). The van der Waals surface area contributed by atoms with Crippen LogP contribution < -0.4 is 15.8 Å². The Morgan fingerprint density at radius 1 is 1.11 bits per heavy atom. The van der Waals surface area contributed by atoms with E-state index in [0.717, 1.165) is 12.5 Å². The molecule has 0 amide bonds. The standard InChI is InChI=1S/C10H17N3O4S2/c1-18(14,15)9-5-3-4-8(10(9)11)12-6-7-13-19(2,16)17/h3-5,12-13H,6-7,11H2,1-2H3. The monoisotopic (exact) mass is 307 g/mol. The molecule has 0 radical (unpaired) electrons. The summed E-state index contributed by atoms with van der Waals surface area (Å²) in [6.45, 7) is 0.478. The minimum absolute atomic E-state index is 0.0496. The smallest absolute Gasteiger partial charge is 0.208 e. The third kappa shape index (κ3) is 5.05. The molecular weight excluding hydrogens is 290 g/mol. The lowest BCUT2D eigenvalue weighted by atomic mass is 10.2. The van der Waals surface area contributed by atoms with Gasteiger partial charge in [0.25, 0.3) is 0 Å². The van der Waals surface area contributed by atoms with Crippen LogP contribution in [0.25, 0.3) is 0 Å². The summed E-state index contributed by atoms with van der Waals surface area (Å²) in [5.41, 5.74) is 6.34. The zero-order chi connectivity index (χ0) is 14.7. The van der Waals surface area contributed by atoms with Gasteiger partial charge in [0.1, 0.15) is 0 Å².